The van der Waals surface area contributed by atoms with Crippen LogP contribution >= 0.6 is 0 Å². The van der Waals surface area contributed by atoms with Crippen molar-refractivity contribution in [1.29, 1.82) is 10.7 Å². The van der Waals surface area contributed by atoms with Crippen molar-refractivity contribution in [1.82, 2.24) is 8.97 Å². The number of rotatable bonds is 1. The van der Waals surface area contributed by atoms with Crippen LogP contribution in [-0.2, 0) is 6.54 Å². The number of nitrogens with one attached hydrogen (secondary N) is 1. The van der Waals surface area contributed by atoms with Gasteiger partial charge in [0.1, 0.15) is 22.8 Å². The third-order valence-electron chi connectivity index (χ3n) is 4.21. The maximum atomic E-state index is 9.73. The fraction of sp³-hybridized carbons (Fsp3) is 0.111. The zero-order valence-electron chi connectivity index (χ0n) is 12.2. The molecule has 0 spiro atoms. The van der Waals surface area contributed by atoms with Gasteiger partial charge in [0.25, 0.3) is 0 Å². The highest BCUT2D eigenvalue weighted by atomic mass is 15.1. The van der Waals surface area contributed by atoms with E-state index < -0.39 is 0 Å². The second kappa shape index (κ2) is 4.47. The lowest BCUT2D eigenvalue weighted by Gasteiger charge is -2.08. The van der Waals surface area contributed by atoms with Gasteiger partial charge in [0.2, 0.25) is 0 Å². The predicted molar refractivity (Wildman–Crippen MR) is 86.6 cm³/mol. The normalized spacial score (nSPS) is 11.3. The fourth-order valence-corrected chi connectivity index (χ4v) is 3.28. The van der Waals surface area contributed by atoms with Crippen LogP contribution in [0.2, 0.25) is 0 Å². The van der Waals surface area contributed by atoms with Crippen LogP contribution in [0, 0.1) is 16.7 Å². The molecule has 0 saturated heterocycles. The van der Waals surface area contributed by atoms with E-state index in [1.165, 1.54) is 0 Å². The first-order valence-corrected chi connectivity index (χ1v) is 7.27. The van der Waals surface area contributed by atoms with Gasteiger partial charge in [-0.2, -0.15) is 5.26 Å². The van der Waals surface area contributed by atoms with Crippen LogP contribution in [0.3, 0.4) is 0 Å². The van der Waals surface area contributed by atoms with Gasteiger partial charge < -0.3 is 4.57 Å². The summed E-state index contributed by atoms with van der Waals surface area (Å²) in [6.45, 7) is 2.82. The van der Waals surface area contributed by atoms with Crippen molar-refractivity contribution in [2.45, 2.75) is 13.5 Å². The Bertz CT molecular complexity index is 1140. The van der Waals surface area contributed by atoms with Gasteiger partial charge in [-0.3, -0.25) is 9.81 Å². The highest BCUT2D eigenvalue weighted by Crippen LogP contribution is 2.26. The molecule has 4 heteroatoms. The first-order valence-electron chi connectivity index (χ1n) is 7.27. The molecule has 1 N–H and O–H groups in total. The molecule has 0 atom stereocenters. The minimum absolute atomic E-state index is 0.424. The summed E-state index contributed by atoms with van der Waals surface area (Å²) < 4.78 is 4.00. The zero-order chi connectivity index (χ0) is 15.3. The molecule has 4 rings (SSSR count). The minimum atomic E-state index is 0.424. The molecule has 0 fully saturated rings. The first kappa shape index (κ1) is 12.7. The summed E-state index contributed by atoms with van der Waals surface area (Å²) in [6, 6.07) is 18.0. The van der Waals surface area contributed by atoms with E-state index in [0.717, 1.165) is 34.0 Å². The summed E-state index contributed by atoms with van der Waals surface area (Å²) >= 11 is 0. The highest BCUT2D eigenvalue weighted by Gasteiger charge is 2.17. The number of nitriles is 1. The van der Waals surface area contributed by atoms with Gasteiger partial charge in [0, 0.05) is 17.3 Å². The summed E-state index contributed by atoms with van der Waals surface area (Å²) in [7, 11) is 0. The van der Waals surface area contributed by atoms with Gasteiger partial charge in [0.15, 0.2) is 0 Å². The average molecular weight is 286 g/mol. The van der Waals surface area contributed by atoms with Crippen molar-refractivity contribution < 1.29 is 0 Å². The average Bonchev–Trinajstić information content (AvgIpc) is 2.90. The SMILES string of the molecule is CCn1c2ccccc2n2c(=N)c3ccccc3c(C#N)c12. The maximum Gasteiger partial charge on any atom is 0.139 e. The van der Waals surface area contributed by atoms with Crippen LogP contribution < -0.4 is 5.49 Å². The Labute approximate surface area is 127 Å². The fourth-order valence-electron chi connectivity index (χ4n) is 3.28. The van der Waals surface area contributed by atoms with Gasteiger partial charge in [-0.1, -0.05) is 36.4 Å². The Morgan fingerprint density at radius 2 is 1.64 bits per heavy atom. The molecule has 2 aromatic heterocycles. The van der Waals surface area contributed by atoms with Crippen molar-refractivity contribution in [2.75, 3.05) is 0 Å². The maximum absolute atomic E-state index is 9.73. The van der Waals surface area contributed by atoms with E-state index in [9.17, 15) is 5.26 Å². The quantitative estimate of drug-likeness (QED) is 0.572. The van der Waals surface area contributed by atoms with Crippen LogP contribution in [0.5, 0.6) is 0 Å². The van der Waals surface area contributed by atoms with Gasteiger partial charge in [-0.05, 0) is 19.1 Å². The van der Waals surface area contributed by atoms with Gasteiger partial charge in [-0.15, -0.1) is 0 Å². The summed E-state index contributed by atoms with van der Waals surface area (Å²) in [4.78, 5) is 0. The molecule has 4 aromatic rings. The Morgan fingerprint density at radius 3 is 2.32 bits per heavy atom. The van der Waals surface area contributed by atoms with Crippen LogP contribution in [0.25, 0.3) is 27.5 Å². The number of para-hydroxylation sites is 2. The molecule has 22 heavy (non-hydrogen) atoms. The van der Waals surface area contributed by atoms with Crippen molar-refractivity contribution >= 4 is 27.5 Å². The van der Waals surface area contributed by atoms with Crippen molar-refractivity contribution in [3.63, 3.8) is 0 Å². The molecule has 2 aromatic carbocycles. The van der Waals surface area contributed by atoms with Gasteiger partial charge in [0.05, 0.1) is 11.0 Å². The lowest BCUT2D eigenvalue weighted by Crippen LogP contribution is -2.15. The second-order valence-corrected chi connectivity index (χ2v) is 5.27. The molecule has 106 valence electrons. The third kappa shape index (κ3) is 1.43. The number of nitrogens with zero attached hydrogens (tertiary/aromatic N) is 3. The zero-order valence-corrected chi connectivity index (χ0v) is 12.2. The number of hydrogen-bond donors (Lipinski definition) is 1. The van der Waals surface area contributed by atoms with Crippen molar-refractivity contribution in [3.05, 3.63) is 59.6 Å². The molecule has 0 bridgehead atoms. The molecular formula is C18H14N4. The number of hydrogen-bond acceptors (Lipinski definition) is 2. The Balaban J connectivity index is 2.48. The largest absolute Gasteiger partial charge is 0.325 e. The Hall–Kier alpha value is -3.06. The summed E-state index contributed by atoms with van der Waals surface area (Å²) in [5.41, 5.74) is 3.87. The smallest absolute Gasteiger partial charge is 0.139 e. The topological polar surface area (TPSA) is 57.0 Å². The highest BCUT2D eigenvalue weighted by molar-refractivity contribution is 5.95. The van der Waals surface area contributed by atoms with E-state index in [1.54, 1.807) is 0 Å². The monoisotopic (exact) mass is 286 g/mol. The molecule has 4 nitrogen and oxygen atoms in total. The summed E-state index contributed by atoms with van der Waals surface area (Å²) in [5, 5.41) is 20.0. The summed E-state index contributed by atoms with van der Waals surface area (Å²) in [6.07, 6.45) is 0. The number of benzene rings is 2. The Morgan fingerprint density at radius 1 is 1.00 bits per heavy atom. The van der Waals surface area contributed by atoms with E-state index in [0.29, 0.717) is 11.1 Å². The van der Waals surface area contributed by atoms with Crippen molar-refractivity contribution in [3.8, 4) is 6.07 Å². The standard InChI is InChI=1S/C18H14N4/c1-2-21-15-9-5-6-10-16(15)22-17(20)13-8-4-3-7-12(13)14(11-19)18(21)22/h3-10,20H,2H2,1H3. The van der Waals surface area contributed by atoms with E-state index in [1.807, 2.05) is 52.9 Å². The molecular weight excluding hydrogens is 272 g/mol. The summed E-state index contributed by atoms with van der Waals surface area (Å²) in [5.74, 6) is 0. The number of fused-ring (bicyclic) bond motifs is 4. The van der Waals surface area contributed by atoms with E-state index in [-0.39, 0.29) is 0 Å². The van der Waals surface area contributed by atoms with E-state index in [2.05, 4.69) is 17.6 Å². The van der Waals surface area contributed by atoms with Crippen LogP contribution in [0.4, 0.5) is 0 Å². The number of aryl methyl sites for hydroxylation is 1. The lowest BCUT2D eigenvalue weighted by molar-refractivity contribution is 0.811. The molecule has 2 heterocycles. The van der Waals surface area contributed by atoms with Crippen molar-refractivity contribution in [2.24, 2.45) is 0 Å². The number of pyridine rings is 1. The Kier molecular flexibility index (Phi) is 2.57. The van der Waals surface area contributed by atoms with Gasteiger partial charge >= 0.3 is 0 Å². The number of aromatic nitrogens is 2. The van der Waals surface area contributed by atoms with Crippen LogP contribution in [0.15, 0.2) is 48.5 Å². The van der Waals surface area contributed by atoms with E-state index in [4.69, 9.17) is 5.41 Å². The van der Waals surface area contributed by atoms with Crippen LogP contribution in [0.1, 0.15) is 12.5 Å². The molecule has 0 saturated carbocycles. The van der Waals surface area contributed by atoms with Crippen LogP contribution in [-0.4, -0.2) is 8.97 Å². The number of imidazole rings is 1. The van der Waals surface area contributed by atoms with Gasteiger partial charge in [-0.25, -0.2) is 0 Å². The minimum Gasteiger partial charge on any atom is -0.325 e. The molecule has 0 amide bonds. The molecule has 0 aliphatic rings. The first-order chi connectivity index (χ1) is 10.8. The molecule has 0 unspecified atom stereocenters. The second-order valence-electron chi connectivity index (χ2n) is 5.27. The predicted octanol–water partition coefficient (Wildman–Crippen LogP) is 3.42. The van der Waals surface area contributed by atoms with E-state index >= 15 is 0 Å². The molecule has 0 aliphatic heterocycles. The molecule has 0 radical (unpaired) electrons. The molecule has 0 aliphatic carbocycles. The third-order valence-corrected chi connectivity index (χ3v) is 4.21. The lowest BCUT2D eigenvalue weighted by atomic mass is 10.1.